The molecule has 0 bridgehead atoms. The smallest absolute Gasteiger partial charge is 0.173 e. The van der Waals surface area contributed by atoms with Crippen molar-refractivity contribution in [2.75, 3.05) is 0 Å². The summed E-state index contributed by atoms with van der Waals surface area (Å²) in [5.74, 6) is -6.77. The van der Waals surface area contributed by atoms with Crippen molar-refractivity contribution >= 4 is 22.1 Å². The van der Waals surface area contributed by atoms with Crippen molar-refractivity contribution in [2.45, 2.75) is 0 Å². The van der Waals surface area contributed by atoms with Gasteiger partial charge in [-0.1, -0.05) is 60.7 Å². The fourth-order valence-electron chi connectivity index (χ4n) is 5.09. The Labute approximate surface area is 225 Å². The first-order valence-corrected chi connectivity index (χ1v) is 12.5. The summed E-state index contributed by atoms with van der Waals surface area (Å²) in [5, 5.41) is 0. The number of fused-ring (bicyclic) bond motifs is 2. The second-order valence-corrected chi connectivity index (χ2v) is 9.20. The molecule has 0 saturated heterocycles. The molecule has 0 unspecified atom stereocenters. The van der Waals surface area contributed by atoms with Crippen LogP contribution in [0, 0.1) is 23.3 Å². The number of hydrogen-bond donors (Lipinski definition) is 0. The molecule has 0 aliphatic carbocycles. The predicted molar refractivity (Wildman–Crippen MR) is 146 cm³/mol. The molecule has 0 atom stereocenters. The zero-order valence-corrected chi connectivity index (χ0v) is 20.7. The summed E-state index contributed by atoms with van der Waals surface area (Å²) in [5.41, 5.74) is 1.13. The second-order valence-electron chi connectivity index (χ2n) is 9.20. The van der Waals surface area contributed by atoms with Crippen LogP contribution in [0.1, 0.15) is 0 Å². The van der Waals surface area contributed by atoms with Gasteiger partial charge in [0, 0.05) is 11.4 Å². The van der Waals surface area contributed by atoms with Gasteiger partial charge in [-0.15, -0.1) is 0 Å². The van der Waals surface area contributed by atoms with Crippen LogP contribution in [0.25, 0.3) is 56.2 Å². The molecule has 0 fully saturated rings. The highest BCUT2D eigenvalue weighted by Gasteiger charge is 2.33. The van der Waals surface area contributed by atoms with E-state index in [0.29, 0.717) is 33.4 Å². The Morgan fingerprint density at radius 2 is 0.725 bits per heavy atom. The second kappa shape index (κ2) is 9.20. The third-order valence-corrected chi connectivity index (χ3v) is 6.86. The van der Waals surface area contributed by atoms with E-state index in [2.05, 4.69) is 9.97 Å². The third-order valence-electron chi connectivity index (χ3n) is 6.86. The van der Waals surface area contributed by atoms with Crippen LogP contribution < -0.4 is 0 Å². The molecule has 0 aliphatic rings. The Balaban J connectivity index is 1.53. The number of hydrogen-bond acceptors (Lipinski definition) is 2. The molecular formula is C32H18F4N4. The van der Waals surface area contributed by atoms with E-state index in [1.165, 1.54) is 9.13 Å². The third kappa shape index (κ3) is 3.53. The lowest BCUT2D eigenvalue weighted by atomic mass is 10.1. The average Bonchev–Trinajstić information content (AvgIpc) is 3.56. The molecule has 4 nitrogen and oxygen atoms in total. The summed E-state index contributed by atoms with van der Waals surface area (Å²) in [6, 6.07) is 31.2. The maximum Gasteiger partial charge on any atom is 0.173 e. The van der Waals surface area contributed by atoms with Gasteiger partial charge >= 0.3 is 0 Å². The van der Waals surface area contributed by atoms with Crippen molar-refractivity contribution in [1.29, 1.82) is 0 Å². The first-order chi connectivity index (χ1) is 19.5. The van der Waals surface area contributed by atoms with Crippen molar-refractivity contribution in [3.05, 3.63) is 132 Å². The Morgan fingerprint density at radius 1 is 0.400 bits per heavy atom. The molecule has 0 aliphatic heterocycles. The van der Waals surface area contributed by atoms with Crippen LogP contribution in [0.15, 0.2) is 109 Å². The van der Waals surface area contributed by atoms with E-state index in [1.807, 2.05) is 0 Å². The number of para-hydroxylation sites is 6. The van der Waals surface area contributed by atoms with Gasteiger partial charge < -0.3 is 0 Å². The molecule has 194 valence electrons. The van der Waals surface area contributed by atoms with Crippen molar-refractivity contribution in [1.82, 2.24) is 19.1 Å². The number of rotatable bonds is 4. The van der Waals surface area contributed by atoms with Gasteiger partial charge in [0.25, 0.3) is 0 Å². The predicted octanol–water partition coefficient (Wildman–Crippen LogP) is 8.25. The van der Waals surface area contributed by atoms with Crippen molar-refractivity contribution in [3.8, 4) is 34.2 Å². The molecule has 2 aromatic heterocycles. The quantitative estimate of drug-likeness (QED) is 0.168. The van der Waals surface area contributed by atoms with E-state index in [9.17, 15) is 0 Å². The van der Waals surface area contributed by atoms with Gasteiger partial charge in [0.15, 0.2) is 34.9 Å². The van der Waals surface area contributed by atoms with Gasteiger partial charge in [0.2, 0.25) is 0 Å². The molecule has 0 saturated carbocycles. The lowest BCUT2D eigenvalue weighted by Gasteiger charge is -2.15. The van der Waals surface area contributed by atoms with Gasteiger partial charge in [-0.05, 0) is 48.5 Å². The average molecular weight is 535 g/mol. The topological polar surface area (TPSA) is 35.6 Å². The maximum absolute atomic E-state index is 16.0. The summed E-state index contributed by atoms with van der Waals surface area (Å²) < 4.78 is 67.0. The molecule has 7 rings (SSSR count). The highest BCUT2D eigenvalue weighted by Crippen LogP contribution is 2.40. The molecule has 5 aromatic carbocycles. The number of aromatic nitrogens is 4. The number of imidazole rings is 2. The lowest BCUT2D eigenvalue weighted by Crippen LogP contribution is -2.09. The van der Waals surface area contributed by atoms with Crippen LogP contribution in [0.2, 0.25) is 0 Å². The lowest BCUT2D eigenvalue weighted by molar-refractivity contribution is 0.460. The molecule has 40 heavy (non-hydrogen) atoms. The first-order valence-electron chi connectivity index (χ1n) is 12.5. The molecule has 8 heteroatoms. The van der Waals surface area contributed by atoms with Crippen LogP contribution in [-0.4, -0.2) is 19.1 Å². The summed E-state index contributed by atoms with van der Waals surface area (Å²) in [6.07, 6.45) is 0. The zero-order valence-electron chi connectivity index (χ0n) is 20.7. The summed E-state index contributed by atoms with van der Waals surface area (Å²) in [7, 11) is 0. The minimum absolute atomic E-state index is 0.261. The Morgan fingerprint density at radius 3 is 1.10 bits per heavy atom. The van der Waals surface area contributed by atoms with Crippen LogP contribution in [0.3, 0.4) is 0 Å². The molecule has 0 radical (unpaired) electrons. The van der Waals surface area contributed by atoms with E-state index in [4.69, 9.17) is 0 Å². The SMILES string of the molecule is Fc1c(F)c(-c2nc3ccccc3n2-c2ccccc2)c(F)c(F)c1-c1nc2ccccc2n1-c1ccccc1. The van der Waals surface area contributed by atoms with Crippen molar-refractivity contribution in [2.24, 2.45) is 0 Å². The molecule has 0 spiro atoms. The highest BCUT2D eigenvalue weighted by molar-refractivity contribution is 5.86. The highest BCUT2D eigenvalue weighted by atomic mass is 19.2. The maximum atomic E-state index is 16.0. The molecule has 0 N–H and O–H groups in total. The Kier molecular flexibility index (Phi) is 5.48. The molecule has 0 amide bonds. The van der Waals surface area contributed by atoms with E-state index >= 15 is 17.6 Å². The first kappa shape index (κ1) is 23.8. The fraction of sp³-hybridized carbons (Fsp3) is 0. The van der Waals surface area contributed by atoms with Crippen LogP contribution >= 0.6 is 0 Å². The van der Waals surface area contributed by atoms with E-state index in [0.717, 1.165) is 0 Å². The standard InChI is InChI=1S/C32H18F4N4/c33-27-25(31-37-21-15-7-9-17-23(21)39(31)19-11-3-1-4-12-19)28(34)30(36)26(29(27)35)32-38-22-16-8-10-18-24(22)40(32)20-13-5-2-6-14-20/h1-18H. The monoisotopic (exact) mass is 534 g/mol. The Hall–Kier alpha value is -5.24. The minimum Gasteiger partial charge on any atom is -0.292 e. The number of benzene rings is 5. The Bertz CT molecular complexity index is 1870. The van der Waals surface area contributed by atoms with Crippen molar-refractivity contribution < 1.29 is 17.6 Å². The van der Waals surface area contributed by atoms with Crippen LogP contribution in [0.4, 0.5) is 17.6 Å². The normalized spacial score (nSPS) is 11.5. The zero-order chi connectivity index (χ0) is 27.4. The van der Waals surface area contributed by atoms with Gasteiger partial charge in [-0.2, -0.15) is 0 Å². The summed E-state index contributed by atoms with van der Waals surface area (Å²) in [6.45, 7) is 0. The van der Waals surface area contributed by atoms with Gasteiger partial charge in [-0.25, -0.2) is 27.5 Å². The molecular weight excluding hydrogens is 516 g/mol. The van der Waals surface area contributed by atoms with E-state index < -0.39 is 34.4 Å². The van der Waals surface area contributed by atoms with Gasteiger partial charge in [0.1, 0.15) is 0 Å². The van der Waals surface area contributed by atoms with E-state index in [-0.39, 0.29) is 11.6 Å². The van der Waals surface area contributed by atoms with Crippen molar-refractivity contribution in [3.63, 3.8) is 0 Å². The van der Waals surface area contributed by atoms with E-state index in [1.54, 1.807) is 109 Å². The van der Waals surface area contributed by atoms with Crippen LogP contribution in [-0.2, 0) is 0 Å². The number of nitrogens with zero attached hydrogens (tertiary/aromatic N) is 4. The number of halogens is 4. The largest absolute Gasteiger partial charge is 0.292 e. The summed E-state index contributed by atoms with van der Waals surface area (Å²) >= 11 is 0. The van der Waals surface area contributed by atoms with Crippen LogP contribution in [0.5, 0.6) is 0 Å². The fourth-order valence-corrected chi connectivity index (χ4v) is 5.09. The minimum atomic E-state index is -1.56. The molecule has 2 heterocycles. The van der Waals surface area contributed by atoms with Gasteiger partial charge in [0.05, 0.1) is 33.2 Å². The molecule has 7 aromatic rings. The van der Waals surface area contributed by atoms with Gasteiger partial charge in [-0.3, -0.25) is 9.13 Å². The summed E-state index contributed by atoms with van der Waals surface area (Å²) in [4.78, 5) is 8.79.